The summed E-state index contributed by atoms with van der Waals surface area (Å²) < 4.78 is 6.60. The van der Waals surface area contributed by atoms with Gasteiger partial charge in [-0.05, 0) is 36.4 Å². The summed E-state index contributed by atoms with van der Waals surface area (Å²) in [6.45, 7) is 18.2. The van der Waals surface area contributed by atoms with E-state index >= 15 is 0 Å². The third-order valence-corrected chi connectivity index (χ3v) is 9.08. The van der Waals surface area contributed by atoms with Crippen LogP contribution in [0.1, 0.15) is 60.8 Å². The number of hydrogen-bond acceptors (Lipinski definition) is 1. The SMILES string of the molecule is C#CC[C@H](C)[C@@H](C=C[C@@H](C)CCC)O[Si](C)(C)C(C)(C)C. The van der Waals surface area contributed by atoms with Crippen LogP contribution in [0.15, 0.2) is 12.2 Å². The normalized spacial score (nSPS) is 17.5. The maximum atomic E-state index is 6.60. The van der Waals surface area contributed by atoms with Crippen molar-refractivity contribution in [2.24, 2.45) is 11.8 Å². The van der Waals surface area contributed by atoms with E-state index in [-0.39, 0.29) is 11.1 Å². The van der Waals surface area contributed by atoms with Crippen LogP contribution in [-0.2, 0) is 4.43 Å². The molecule has 0 bridgehead atoms. The van der Waals surface area contributed by atoms with Gasteiger partial charge in [-0.1, -0.05) is 60.1 Å². The van der Waals surface area contributed by atoms with E-state index in [1.54, 1.807) is 0 Å². The highest BCUT2D eigenvalue weighted by molar-refractivity contribution is 6.74. The average Bonchev–Trinajstić information content (AvgIpc) is 2.33. The monoisotopic (exact) mass is 308 g/mol. The van der Waals surface area contributed by atoms with Gasteiger partial charge in [-0.3, -0.25) is 0 Å². The molecule has 1 nitrogen and oxygen atoms in total. The summed E-state index contributed by atoms with van der Waals surface area (Å²) in [4.78, 5) is 0. The van der Waals surface area contributed by atoms with Gasteiger partial charge in [0.2, 0.25) is 0 Å². The largest absolute Gasteiger partial charge is 0.410 e. The van der Waals surface area contributed by atoms with Crippen LogP contribution in [0.3, 0.4) is 0 Å². The first-order valence-electron chi connectivity index (χ1n) is 8.34. The summed E-state index contributed by atoms with van der Waals surface area (Å²) in [5.41, 5.74) is 0. The van der Waals surface area contributed by atoms with Gasteiger partial charge in [-0.15, -0.1) is 12.3 Å². The molecule has 0 aliphatic rings. The third kappa shape index (κ3) is 7.34. The molecule has 0 radical (unpaired) electrons. The Balaban J connectivity index is 5.04. The van der Waals surface area contributed by atoms with Crippen LogP contribution in [-0.4, -0.2) is 14.4 Å². The van der Waals surface area contributed by atoms with E-state index in [4.69, 9.17) is 10.8 Å². The van der Waals surface area contributed by atoms with Gasteiger partial charge in [-0.25, -0.2) is 0 Å². The Morgan fingerprint density at radius 3 is 2.19 bits per heavy atom. The molecule has 0 amide bonds. The summed E-state index contributed by atoms with van der Waals surface area (Å²) >= 11 is 0. The number of rotatable bonds is 8. The summed E-state index contributed by atoms with van der Waals surface area (Å²) in [5.74, 6) is 3.77. The highest BCUT2D eigenvalue weighted by Crippen LogP contribution is 2.38. The molecule has 0 heterocycles. The Labute approximate surface area is 134 Å². The van der Waals surface area contributed by atoms with Crippen LogP contribution in [0.25, 0.3) is 0 Å². The molecule has 0 unspecified atom stereocenters. The van der Waals surface area contributed by atoms with Crippen LogP contribution in [0, 0.1) is 24.2 Å². The van der Waals surface area contributed by atoms with Crippen molar-refractivity contribution in [3.8, 4) is 12.3 Å². The molecule has 0 aromatic heterocycles. The van der Waals surface area contributed by atoms with Gasteiger partial charge in [0.15, 0.2) is 8.32 Å². The highest BCUT2D eigenvalue weighted by Gasteiger charge is 2.39. The number of hydrogen-bond donors (Lipinski definition) is 0. The Morgan fingerprint density at radius 2 is 1.76 bits per heavy atom. The lowest BCUT2D eigenvalue weighted by Crippen LogP contribution is -2.45. The van der Waals surface area contributed by atoms with Crippen molar-refractivity contribution in [1.82, 2.24) is 0 Å². The summed E-state index contributed by atoms with van der Waals surface area (Å²) in [6.07, 6.45) is 13.4. The molecule has 0 saturated heterocycles. The van der Waals surface area contributed by atoms with E-state index in [1.165, 1.54) is 12.8 Å². The van der Waals surface area contributed by atoms with Gasteiger partial charge in [0.1, 0.15) is 0 Å². The zero-order valence-corrected chi connectivity index (χ0v) is 16.5. The zero-order chi connectivity index (χ0) is 16.7. The summed E-state index contributed by atoms with van der Waals surface area (Å²) in [7, 11) is -1.77. The molecular weight excluding hydrogens is 272 g/mol. The number of terminal acetylenes is 1. The fourth-order valence-electron chi connectivity index (χ4n) is 2.01. The first kappa shape index (κ1) is 20.5. The topological polar surface area (TPSA) is 9.23 Å². The van der Waals surface area contributed by atoms with Crippen LogP contribution in [0.4, 0.5) is 0 Å². The van der Waals surface area contributed by atoms with Gasteiger partial charge in [-0.2, -0.15) is 0 Å². The molecule has 0 saturated carbocycles. The molecule has 21 heavy (non-hydrogen) atoms. The minimum atomic E-state index is -1.77. The quantitative estimate of drug-likeness (QED) is 0.302. The van der Waals surface area contributed by atoms with E-state index in [9.17, 15) is 0 Å². The van der Waals surface area contributed by atoms with Crippen molar-refractivity contribution in [3.63, 3.8) is 0 Å². The Kier molecular flexibility index (Phi) is 8.59. The molecule has 2 heteroatoms. The van der Waals surface area contributed by atoms with Gasteiger partial charge in [0, 0.05) is 6.42 Å². The van der Waals surface area contributed by atoms with Crippen molar-refractivity contribution in [1.29, 1.82) is 0 Å². The second kappa shape index (κ2) is 8.81. The lowest BCUT2D eigenvalue weighted by molar-refractivity contribution is 0.170. The maximum Gasteiger partial charge on any atom is 0.192 e. The van der Waals surface area contributed by atoms with E-state index in [0.717, 1.165) is 6.42 Å². The Bertz CT molecular complexity index is 357. The predicted molar refractivity (Wildman–Crippen MR) is 97.9 cm³/mol. The van der Waals surface area contributed by atoms with Crippen molar-refractivity contribution in [3.05, 3.63) is 12.2 Å². The molecule has 122 valence electrons. The molecule has 0 aromatic rings. The van der Waals surface area contributed by atoms with Gasteiger partial charge in [0.25, 0.3) is 0 Å². The van der Waals surface area contributed by atoms with E-state index < -0.39 is 8.32 Å². The molecule has 0 N–H and O–H groups in total. The maximum absolute atomic E-state index is 6.60. The number of allylic oxidation sites excluding steroid dienone is 1. The van der Waals surface area contributed by atoms with E-state index in [0.29, 0.717) is 11.8 Å². The molecule has 0 rings (SSSR count). The van der Waals surface area contributed by atoms with Crippen LogP contribution in [0.5, 0.6) is 0 Å². The lowest BCUT2D eigenvalue weighted by atomic mass is 9.98. The van der Waals surface area contributed by atoms with E-state index in [2.05, 4.69) is 72.7 Å². The van der Waals surface area contributed by atoms with Crippen LogP contribution < -0.4 is 0 Å². The minimum absolute atomic E-state index is 0.140. The predicted octanol–water partition coefficient (Wildman–Crippen LogP) is 6.03. The average molecular weight is 309 g/mol. The minimum Gasteiger partial charge on any atom is -0.410 e. The first-order chi connectivity index (χ1) is 9.55. The smallest absolute Gasteiger partial charge is 0.192 e. The molecule has 3 atom stereocenters. The Hall–Kier alpha value is -0.523. The van der Waals surface area contributed by atoms with Crippen molar-refractivity contribution < 1.29 is 4.43 Å². The third-order valence-electron chi connectivity index (χ3n) is 4.61. The second-order valence-corrected chi connectivity index (χ2v) is 12.6. The molecule has 0 aliphatic carbocycles. The molecule has 0 aliphatic heterocycles. The van der Waals surface area contributed by atoms with Gasteiger partial charge >= 0.3 is 0 Å². The van der Waals surface area contributed by atoms with Crippen LogP contribution >= 0.6 is 0 Å². The summed E-state index contributed by atoms with van der Waals surface area (Å²) in [6, 6.07) is 0. The standard InChI is InChI=1S/C19H36OSi/c1-10-12-16(3)14-15-18(17(4)13-11-2)20-21(8,9)19(5,6)7/h2,14-18H,10,12-13H2,1,3-9H3/t16-,17-,18+/m0/s1. The first-order valence-corrected chi connectivity index (χ1v) is 11.3. The fourth-order valence-corrected chi connectivity index (χ4v) is 3.36. The van der Waals surface area contributed by atoms with Crippen molar-refractivity contribution >= 4 is 8.32 Å². The fraction of sp³-hybridized carbons (Fsp3) is 0.789. The van der Waals surface area contributed by atoms with E-state index in [1.807, 2.05) is 0 Å². The highest BCUT2D eigenvalue weighted by atomic mass is 28.4. The molecular formula is C19H36OSi. The molecule has 0 fully saturated rings. The lowest BCUT2D eigenvalue weighted by Gasteiger charge is -2.40. The van der Waals surface area contributed by atoms with Gasteiger partial charge in [0.05, 0.1) is 6.10 Å². The zero-order valence-electron chi connectivity index (χ0n) is 15.5. The van der Waals surface area contributed by atoms with Crippen molar-refractivity contribution in [2.45, 2.75) is 85.0 Å². The second-order valence-electron chi connectivity index (χ2n) is 7.88. The van der Waals surface area contributed by atoms with Gasteiger partial charge < -0.3 is 4.43 Å². The Morgan fingerprint density at radius 1 is 1.19 bits per heavy atom. The van der Waals surface area contributed by atoms with Crippen molar-refractivity contribution in [2.75, 3.05) is 0 Å². The van der Waals surface area contributed by atoms with Crippen LogP contribution in [0.2, 0.25) is 18.1 Å². The molecule has 0 spiro atoms. The summed E-state index contributed by atoms with van der Waals surface area (Å²) in [5, 5.41) is 0.226. The molecule has 0 aromatic carbocycles.